The molecule has 2 heterocycles. The highest BCUT2D eigenvalue weighted by Gasteiger charge is 2.27. The van der Waals surface area contributed by atoms with Gasteiger partial charge in [-0.1, -0.05) is 6.07 Å². The fourth-order valence-corrected chi connectivity index (χ4v) is 2.46. The van der Waals surface area contributed by atoms with Gasteiger partial charge in [0.1, 0.15) is 11.2 Å². The summed E-state index contributed by atoms with van der Waals surface area (Å²) in [5, 5.41) is 10.4. The van der Waals surface area contributed by atoms with E-state index < -0.39 is 17.5 Å². The van der Waals surface area contributed by atoms with Gasteiger partial charge in [-0.05, 0) is 19.1 Å². The molecule has 0 atom stereocenters. The molecule has 0 spiro atoms. The van der Waals surface area contributed by atoms with Gasteiger partial charge < -0.3 is 9.84 Å². The van der Waals surface area contributed by atoms with Crippen molar-refractivity contribution in [3.05, 3.63) is 54.0 Å². The van der Waals surface area contributed by atoms with Crippen LogP contribution in [-0.2, 0) is 4.74 Å². The van der Waals surface area contributed by atoms with Crippen LogP contribution in [0.4, 0.5) is 4.39 Å². The molecule has 0 aliphatic heterocycles. The van der Waals surface area contributed by atoms with E-state index in [1.54, 1.807) is 47.9 Å². The predicted octanol–water partition coefficient (Wildman–Crippen LogP) is 3.45. The van der Waals surface area contributed by atoms with Gasteiger partial charge in [-0.15, -0.1) is 11.6 Å². The average Bonchev–Trinajstić information content (AvgIpc) is 2.57. The largest absolute Gasteiger partial charge is 0.506 e. The number of aromatic hydroxyl groups is 1. The van der Waals surface area contributed by atoms with Gasteiger partial charge in [-0.25, -0.2) is 9.18 Å². The molecule has 0 saturated heterocycles. The number of fused-ring (bicyclic) bond motifs is 3. The minimum Gasteiger partial charge on any atom is -0.506 e. The Kier molecular flexibility index (Phi) is 5.34. The van der Waals surface area contributed by atoms with Gasteiger partial charge in [0.05, 0.1) is 6.61 Å². The van der Waals surface area contributed by atoms with Crippen LogP contribution in [0.15, 0.2) is 42.6 Å². The Morgan fingerprint density at radius 3 is 2.61 bits per heavy atom. The van der Waals surface area contributed by atoms with Gasteiger partial charge in [-0.2, -0.15) is 4.40 Å². The molecule has 3 aromatic rings. The maximum atomic E-state index is 14.1. The Balaban J connectivity index is 0.000000924. The number of pyridine rings is 2. The van der Waals surface area contributed by atoms with Gasteiger partial charge in [-0.3, -0.25) is 0 Å². The lowest BCUT2D eigenvalue weighted by atomic mass is 10.1. The molecule has 1 aromatic carbocycles. The molecule has 0 aliphatic rings. The van der Waals surface area contributed by atoms with Crippen LogP contribution in [0.5, 0.6) is 5.75 Å². The summed E-state index contributed by atoms with van der Waals surface area (Å²) in [7, 11) is 0. The highest BCUT2D eigenvalue weighted by molar-refractivity contribution is 6.15. The number of ether oxygens (including phenoxy) is 1. The molecular formula is C17H16ClFNO3+. The summed E-state index contributed by atoms with van der Waals surface area (Å²) in [5.41, 5.74) is 0.915. The smallest absolute Gasteiger partial charge is 0.348 e. The van der Waals surface area contributed by atoms with Gasteiger partial charge in [0.2, 0.25) is 11.0 Å². The van der Waals surface area contributed by atoms with Gasteiger partial charge in [0, 0.05) is 24.6 Å². The first-order chi connectivity index (χ1) is 11.1. The predicted molar refractivity (Wildman–Crippen MR) is 86.5 cm³/mol. The van der Waals surface area contributed by atoms with Crippen LogP contribution in [0, 0.1) is 5.82 Å². The van der Waals surface area contributed by atoms with Crippen LogP contribution in [0.3, 0.4) is 0 Å². The number of hydrogen-bond donors (Lipinski definition) is 1. The summed E-state index contributed by atoms with van der Waals surface area (Å²) in [6, 6.07) is 9.66. The normalized spacial score (nSPS) is 10.3. The molecule has 2 aromatic heterocycles. The first kappa shape index (κ1) is 17.0. The lowest BCUT2D eigenvalue weighted by Crippen LogP contribution is -2.26. The van der Waals surface area contributed by atoms with Crippen molar-refractivity contribution in [2.24, 2.45) is 0 Å². The van der Waals surface area contributed by atoms with Crippen LogP contribution < -0.4 is 4.40 Å². The Bertz CT molecular complexity index is 867. The second-order valence-electron chi connectivity index (χ2n) is 4.53. The Morgan fingerprint density at radius 1 is 1.22 bits per heavy atom. The third kappa shape index (κ3) is 2.92. The third-order valence-electron chi connectivity index (χ3n) is 3.32. The maximum absolute atomic E-state index is 14.1. The van der Waals surface area contributed by atoms with Crippen molar-refractivity contribution >= 4 is 34.0 Å². The fourth-order valence-electron chi connectivity index (χ4n) is 2.46. The highest BCUT2D eigenvalue weighted by atomic mass is 35.5. The van der Waals surface area contributed by atoms with Crippen molar-refractivity contribution in [2.45, 2.75) is 6.92 Å². The molecular weight excluding hydrogens is 321 g/mol. The van der Waals surface area contributed by atoms with Crippen molar-refractivity contribution in [3.63, 3.8) is 0 Å². The molecule has 0 radical (unpaired) electrons. The lowest BCUT2D eigenvalue weighted by Gasteiger charge is -2.08. The van der Waals surface area contributed by atoms with E-state index in [2.05, 4.69) is 11.6 Å². The summed E-state index contributed by atoms with van der Waals surface area (Å²) in [5.74, 6) is -1.66. The van der Waals surface area contributed by atoms with Gasteiger partial charge in [0.15, 0.2) is 17.5 Å². The number of carbonyl (C=O) groups excluding carboxylic acids is 1. The van der Waals surface area contributed by atoms with Gasteiger partial charge >= 0.3 is 5.97 Å². The molecule has 0 unspecified atom stereocenters. The number of alkyl halides is 1. The molecule has 3 rings (SSSR count). The highest BCUT2D eigenvalue weighted by Crippen LogP contribution is 2.31. The zero-order chi connectivity index (χ0) is 17.0. The monoisotopic (exact) mass is 336 g/mol. The van der Waals surface area contributed by atoms with E-state index in [4.69, 9.17) is 4.74 Å². The topological polar surface area (TPSA) is 50.6 Å². The number of rotatable bonds is 2. The first-order valence-corrected chi connectivity index (χ1v) is 7.69. The van der Waals surface area contributed by atoms with E-state index in [1.165, 1.54) is 12.4 Å². The Hall–Kier alpha value is -2.40. The van der Waals surface area contributed by atoms with Crippen LogP contribution in [-0.4, -0.2) is 24.1 Å². The average molecular weight is 337 g/mol. The first-order valence-electron chi connectivity index (χ1n) is 6.93. The van der Waals surface area contributed by atoms with Crippen LogP contribution in [0.2, 0.25) is 0 Å². The number of hydrogen-bond acceptors (Lipinski definition) is 3. The zero-order valence-corrected chi connectivity index (χ0v) is 13.5. The Morgan fingerprint density at radius 2 is 1.91 bits per heavy atom. The minimum atomic E-state index is -0.677. The second-order valence-corrected chi connectivity index (χ2v) is 4.53. The summed E-state index contributed by atoms with van der Waals surface area (Å²) < 4.78 is 20.7. The molecule has 4 nitrogen and oxygen atoms in total. The fraction of sp³-hybridized carbons (Fsp3) is 0.176. The zero-order valence-electron chi connectivity index (χ0n) is 12.7. The van der Waals surface area contributed by atoms with Crippen molar-refractivity contribution in [3.8, 4) is 5.75 Å². The van der Waals surface area contributed by atoms with E-state index in [1.807, 2.05) is 0 Å². The van der Waals surface area contributed by atoms with Crippen LogP contribution in [0.1, 0.15) is 17.3 Å². The number of nitrogens with zero attached hydrogens (tertiary/aromatic N) is 1. The molecule has 0 saturated carbocycles. The lowest BCUT2D eigenvalue weighted by molar-refractivity contribution is -0.481. The van der Waals surface area contributed by atoms with Crippen molar-refractivity contribution in [1.29, 1.82) is 0 Å². The van der Waals surface area contributed by atoms with Crippen LogP contribution >= 0.6 is 11.6 Å². The number of halogens is 2. The summed E-state index contributed by atoms with van der Waals surface area (Å²) in [6.07, 6.45) is 3.18. The maximum Gasteiger partial charge on any atom is 0.348 e. The Labute approximate surface area is 137 Å². The SMILES string of the molecule is CCOC(=O)c1c(O)c2c(F)cccc2[n+]2ccccc12.CCl. The van der Waals surface area contributed by atoms with E-state index in [0.29, 0.717) is 11.0 Å². The van der Waals surface area contributed by atoms with Gasteiger partial charge in [0.25, 0.3) is 0 Å². The molecule has 23 heavy (non-hydrogen) atoms. The second kappa shape index (κ2) is 7.24. The summed E-state index contributed by atoms with van der Waals surface area (Å²) in [6.45, 7) is 1.85. The van der Waals surface area contributed by atoms with Crippen LogP contribution in [0.25, 0.3) is 16.4 Å². The van der Waals surface area contributed by atoms with Crippen molar-refractivity contribution in [2.75, 3.05) is 13.0 Å². The van der Waals surface area contributed by atoms with Crippen molar-refractivity contribution in [1.82, 2.24) is 0 Å². The van der Waals surface area contributed by atoms with E-state index in [9.17, 15) is 14.3 Å². The van der Waals surface area contributed by atoms with E-state index in [0.717, 1.165) is 0 Å². The number of carbonyl (C=O) groups is 1. The summed E-state index contributed by atoms with van der Waals surface area (Å²) in [4.78, 5) is 12.1. The standard InChI is InChI=1S/C16H12FNO3.CH3Cl/c1-2-21-16(20)14-12-7-3-4-9-18(12)11-8-5-6-10(17)13(11)15(14)19;1-2/h3-9H,2H2,1H3;1H3/p+1. The molecule has 1 N–H and O–H groups in total. The summed E-state index contributed by atoms with van der Waals surface area (Å²) >= 11 is 4.64. The molecule has 0 bridgehead atoms. The molecule has 0 fully saturated rings. The van der Waals surface area contributed by atoms with E-state index in [-0.39, 0.29) is 17.6 Å². The molecule has 120 valence electrons. The van der Waals surface area contributed by atoms with Crippen molar-refractivity contribution < 1.29 is 23.4 Å². The number of benzene rings is 1. The quantitative estimate of drug-likeness (QED) is 0.337. The molecule has 0 aliphatic carbocycles. The molecule has 6 heteroatoms. The minimum absolute atomic E-state index is 0.00394. The third-order valence-corrected chi connectivity index (χ3v) is 3.32. The number of esters is 1. The molecule has 0 amide bonds. The van der Waals surface area contributed by atoms with E-state index >= 15 is 0 Å². The number of aromatic nitrogens is 1.